The molecule has 1 aromatic carbocycles. The number of pyridine rings is 1. The first-order valence-corrected chi connectivity index (χ1v) is 12.4. The van der Waals surface area contributed by atoms with Crippen molar-refractivity contribution in [2.75, 3.05) is 13.1 Å². The van der Waals surface area contributed by atoms with Crippen molar-refractivity contribution in [3.05, 3.63) is 83.0 Å². The van der Waals surface area contributed by atoms with E-state index in [-0.39, 0.29) is 5.89 Å². The Labute approximate surface area is 216 Å². The third-order valence-electron chi connectivity index (χ3n) is 5.66. The maximum atomic E-state index is 13.1. The predicted octanol–water partition coefficient (Wildman–Crippen LogP) is 6.39. The van der Waals surface area contributed by atoms with Crippen LogP contribution in [0.15, 0.2) is 70.1 Å². The van der Waals surface area contributed by atoms with E-state index < -0.39 is 30.4 Å². The summed E-state index contributed by atoms with van der Waals surface area (Å²) in [6, 6.07) is 12.1. The monoisotopic (exact) mass is 514 g/mol. The lowest BCUT2D eigenvalue weighted by Crippen LogP contribution is -2.38. The Hall–Kier alpha value is -3.59. The summed E-state index contributed by atoms with van der Waals surface area (Å²) in [5.41, 5.74) is 3.53. The maximum absolute atomic E-state index is 13.1. The lowest BCUT2D eigenvalue weighted by molar-refractivity contribution is 0.0710. The lowest BCUT2D eigenvalue weighted by atomic mass is 10.1. The number of para-hydroxylation sites is 1. The number of benzene rings is 1. The zero-order valence-electron chi connectivity index (χ0n) is 22.1. The molecule has 3 heterocycles. The van der Waals surface area contributed by atoms with Gasteiger partial charge in [0.25, 0.3) is 12.3 Å². The molecule has 0 unspecified atom stereocenters. The first-order chi connectivity index (χ1) is 17.8. The van der Waals surface area contributed by atoms with Gasteiger partial charge in [0, 0.05) is 36.8 Å². The van der Waals surface area contributed by atoms with E-state index in [9.17, 15) is 13.6 Å². The molecule has 0 saturated heterocycles. The number of halogens is 2. The number of aliphatic hydroxyl groups is 1. The van der Waals surface area contributed by atoms with Crippen LogP contribution in [0.3, 0.4) is 0 Å². The van der Waals surface area contributed by atoms with Crippen molar-refractivity contribution in [1.29, 1.82) is 0 Å². The molecule has 4 rings (SSSR count). The zero-order valence-corrected chi connectivity index (χ0v) is 22.1. The van der Waals surface area contributed by atoms with Gasteiger partial charge in [0.1, 0.15) is 6.61 Å². The highest BCUT2D eigenvalue weighted by molar-refractivity contribution is 5.93. The molecule has 37 heavy (non-hydrogen) atoms. The second-order valence-electron chi connectivity index (χ2n) is 8.20. The minimum absolute atomic E-state index is 0.287. The molecule has 0 atom stereocenters. The van der Waals surface area contributed by atoms with Gasteiger partial charge in [0.15, 0.2) is 5.69 Å². The Bertz CT molecular complexity index is 1160. The van der Waals surface area contributed by atoms with E-state index in [4.69, 9.17) is 9.52 Å². The van der Waals surface area contributed by atoms with Crippen LogP contribution in [-0.4, -0.2) is 39.0 Å². The van der Waals surface area contributed by atoms with Crippen LogP contribution in [0.5, 0.6) is 0 Å². The number of allylic oxidation sites excluding steroid dienone is 1. The van der Waals surface area contributed by atoms with Crippen LogP contribution in [0, 0.1) is 0 Å². The summed E-state index contributed by atoms with van der Waals surface area (Å²) < 4.78 is 31.1. The van der Waals surface area contributed by atoms with E-state index in [1.165, 1.54) is 15.9 Å². The van der Waals surface area contributed by atoms with E-state index in [0.717, 1.165) is 23.2 Å². The molecule has 7 nitrogen and oxygen atoms in total. The fourth-order valence-corrected chi connectivity index (χ4v) is 3.51. The standard InChI is InChI=1S/C17H23F2N3O3.C9H7N.C2H6/c1-4-10(2)7-20-12-5-6-22(8-11(12)3)17(24)15-14(16(18)19)21-13(9-23)25-15;1-2-6-9-8(4-1)5-3-7-10-9;1-2/h7,16,20,23H,4-6,8-9H2,1-3H3;1-7H;1-2H3. The molecule has 0 bridgehead atoms. The largest absolute Gasteiger partial charge is 0.432 e. The van der Waals surface area contributed by atoms with Gasteiger partial charge in [-0.25, -0.2) is 13.8 Å². The van der Waals surface area contributed by atoms with Crippen LogP contribution in [0.4, 0.5) is 8.78 Å². The topological polar surface area (TPSA) is 91.5 Å². The number of nitrogens with zero attached hydrogens (tertiary/aromatic N) is 3. The number of amides is 1. The van der Waals surface area contributed by atoms with Gasteiger partial charge in [-0.2, -0.15) is 0 Å². The summed E-state index contributed by atoms with van der Waals surface area (Å²) in [6.45, 7) is 10.0. The van der Waals surface area contributed by atoms with E-state index in [0.29, 0.717) is 19.5 Å². The number of carbonyl (C=O) groups is 1. The van der Waals surface area contributed by atoms with Crippen molar-refractivity contribution in [3.8, 4) is 0 Å². The zero-order chi connectivity index (χ0) is 27.4. The number of fused-ring (bicyclic) bond motifs is 1. The number of aromatic nitrogens is 2. The third kappa shape index (κ3) is 8.21. The van der Waals surface area contributed by atoms with Crippen molar-refractivity contribution in [2.45, 2.75) is 60.5 Å². The fraction of sp³-hybridized carbons (Fsp3) is 0.393. The van der Waals surface area contributed by atoms with Crippen molar-refractivity contribution < 1.29 is 23.1 Å². The Morgan fingerprint density at radius 2 is 1.95 bits per heavy atom. The second kappa shape index (κ2) is 14.8. The van der Waals surface area contributed by atoms with Crippen LogP contribution in [0.25, 0.3) is 10.9 Å². The molecule has 1 aliphatic rings. The molecule has 0 fully saturated rings. The number of hydrogen-bond donors (Lipinski definition) is 2. The highest BCUT2D eigenvalue weighted by atomic mass is 19.3. The number of rotatable bonds is 6. The summed E-state index contributed by atoms with van der Waals surface area (Å²) in [5, 5.41) is 13.5. The smallest absolute Gasteiger partial charge is 0.292 e. The van der Waals surface area contributed by atoms with Gasteiger partial charge in [0.2, 0.25) is 11.7 Å². The van der Waals surface area contributed by atoms with Crippen LogP contribution in [0.1, 0.15) is 76.0 Å². The van der Waals surface area contributed by atoms with E-state index in [1.54, 1.807) is 0 Å². The number of hydrogen-bond acceptors (Lipinski definition) is 6. The van der Waals surface area contributed by atoms with Gasteiger partial charge >= 0.3 is 0 Å². The van der Waals surface area contributed by atoms with Gasteiger partial charge < -0.3 is 19.7 Å². The van der Waals surface area contributed by atoms with E-state index in [1.807, 2.05) is 64.4 Å². The summed E-state index contributed by atoms with van der Waals surface area (Å²) in [4.78, 5) is 21.7. The van der Waals surface area contributed by atoms with Gasteiger partial charge in [0.05, 0.1) is 5.52 Å². The normalized spacial score (nSPS) is 13.6. The molecule has 1 aliphatic heterocycles. The van der Waals surface area contributed by atoms with Crippen molar-refractivity contribution in [1.82, 2.24) is 20.2 Å². The minimum atomic E-state index is -2.94. The average Bonchev–Trinajstić information content (AvgIpc) is 3.38. The quantitative estimate of drug-likeness (QED) is 0.396. The molecular weight excluding hydrogens is 478 g/mol. The average molecular weight is 515 g/mol. The van der Waals surface area contributed by atoms with E-state index in [2.05, 4.69) is 34.3 Å². The first-order valence-electron chi connectivity index (χ1n) is 12.4. The van der Waals surface area contributed by atoms with Gasteiger partial charge in [-0.15, -0.1) is 0 Å². The molecule has 200 valence electrons. The van der Waals surface area contributed by atoms with Crippen LogP contribution in [0.2, 0.25) is 0 Å². The van der Waals surface area contributed by atoms with Gasteiger partial charge in [-0.05, 0) is 44.2 Å². The maximum Gasteiger partial charge on any atom is 0.292 e. The molecule has 0 spiro atoms. The molecule has 0 saturated carbocycles. The van der Waals surface area contributed by atoms with Gasteiger partial charge in [-0.1, -0.05) is 50.6 Å². The summed E-state index contributed by atoms with van der Waals surface area (Å²) >= 11 is 0. The molecule has 9 heteroatoms. The predicted molar refractivity (Wildman–Crippen MR) is 141 cm³/mol. The Morgan fingerprint density at radius 1 is 1.24 bits per heavy atom. The summed E-state index contributed by atoms with van der Waals surface area (Å²) in [7, 11) is 0. The molecule has 0 aliphatic carbocycles. The number of oxazole rings is 1. The number of aliphatic hydroxyl groups excluding tert-OH is 1. The van der Waals surface area contributed by atoms with Crippen LogP contribution >= 0.6 is 0 Å². The number of nitrogens with one attached hydrogen (secondary N) is 1. The van der Waals surface area contributed by atoms with Crippen molar-refractivity contribution in [2.24, 2.45) is 0 Å². The fourth-order valence-electron chi connectivity index (χ4n) is 3.51. The Morgan fingerprint density at radius 3 is 2.57 bits per heavy atom. The van der Waals surface area contributed by atoms with Crippen molar-refractivity contribution in [3.63, 3.8) is 0 Å². The minimum Gasteiger partial charge on any atom is -0.432 e. The highest BCUT2D eigenvalue weighted by Gasteiger charge is 2.31. The SMILES string of the molecule is CC.CCC(C)=CNC1=C(C)CN(C(=O)c2oc(CO)nc2C(F)F)CC1.c1ccc2ncccc2c1. The molecule has 2 aromatic heterocycles. The van der Waals surface area contributed by atoms with Crippen LogP contribution in [-0.2, 0) is 6.61 Å². The van der Waals surface area contributed by atoms with Crippen molar-refractivity contribution >= 4 is 16.8 Å². The number of carbonyl (C=O) groups excluding carboxylic acids is 1. The van der Waals surface area contributed by atoms with E-state index >= 15 is 0 Å². The molecule has 3 aromatic rings. The molecule has 2 N–H and O–H groups in total. The summed E-state index contributed by atoms with van der Waals surface area (Å²) in [5.74, 6) is -1.42. The van der Waals surface area contributed by atoms with Gasteiger partial charge in [-0.3, -0.25) is 9.78 Å². The molecule has 1 amide bonds. The van der Waals surface area contributed by atoms with Crippen LogP contribution < -0.4 is 5.32 Å². The number of alkyl halides is 2. The Kier molecular flexibility index (Phi) is 11.9. The highest BCUT2D eigenvalue weighted by Crippen LogP contribution is 2.26. The molecular formula is C28H36F2N4O3. The molecule has 0 radical (unpaired) electrons. The third-order valence-corrected chi connectivity index (χ3v) is 5.66. The first kappa shape index (κ1) is 29.6. The Balaban J connectivity index is 0.000000330. The lowest BCUT2D eigenvalue weighted by Gasteiger charge is -2.29. The summed E-state index contributed by atoms with van der Waals surface area (Å²) in [6.07, 6.45) is 2.34. The second-order valence-corrected chi connectivity index (χ2v) is 8.20.